The normalized spacial score (nSPS) is 23.8. The van der Waals surface area contributed by atoms with Gasteiger partial charge in [0, 0.05) is 24.3 Å². The zero-order valence-electron chi connectivity index (χ0n) is 13.6. The van der Waals surface area contributed by atoms with Crippen LogP contribution in [0.5, 0.6) is 0 Å². The molecule has 22 heavy (non-hydrogen) atoms. The second-order valence-corrected chi connectivity index (χ2v) is 8.46. The summed E-state index contributed by atoms with van der Waals surface area (Å²) in [5.41, 5.74) is 0. The van der Waals surface area contributed by atoms with E-state index in [1.54, 1.807) is 18.7 Å². The van der Waals surface area contributed by atoms with Crippen LogP contribution in [0.25, 0.3) is 0 Å². The predicted octanol–water partition coefficient (Wildman–Crippen LogP) is 1.55. The Balaban J connectivity index is 2.67. The third kappa shape index (κ3) is 4.97. The van der Waals surface area contributed by atoms with Gasteiger partial charge in [-0.25, -0.2) is 8.42 Å². The topological polar surface area (TPSA) is 91.8 Å². The SMILES string of the molecule is CCN(C(=O)C1CCC(C(=O)O)CC1)C(C)CS(=O)(=O)CC. The molecule has 0 bridgehead atoms. The Morgan fingerprint density at radius 2 is 1.64 bits per heavy atom. The molecule has 0 aliphatic heterocycles. The highest BCUT2D eigenvalue weighted by atomic mass is 32.2. The molecule has 0 aromatic heterocycles. The standard InChI is InChI=1S/C15H27NO5S/c1-4-16(11(3)10-22(20,21)5-2)14(17)12-6-8-13(9-7-12)15(18)19/h11-13H,4-10H2,1-3H3,(H,18,19). The van der Waals surface area contributed by atoms with E-state index in [4.69, 9.17) is 5.11 Å². The molecule has 1 unspecified atom stereocenters. The van der Waals surface area contributed by atoms with Crippen molar-refractivity contribution in [3.05, 3.63) is 0 Å². The van der Waals surface area contributed by atoms with Crippen LogP contribution in [-0.2, 0) is 19.4 Å². The summed E-state index contributed by atoms with van der Waals surface area (Å²) >= 11 is 0. The Kier molecular flexibility index (Phi) is 6.84. The lowest BCUT2D eigenvalue weighted by molar-refractivity contribution is -0.146. The average molecular weight is 333 g/mol. The van der Waals surface area contributed by atoms with E-state index in [1.165, 1.54) is 0 Å². The van der Waals surface area contributed by atoms with Gasteiger partial charge < -0.3 is 10.0 Å². The minimum Gasteiger partial charge on any atom is -0.481 e. The summed E-state index contributed by atoms with van der Waals surface area (Å²) < 4.78 is 23.5. The maximum Gasteiger partial charge on any atom is 0.306 e. The molecule has 0 aromatic rings. The Hall–Kier alpha value is -1.11. The summed E-state index contributed by atoms with van der Waals surface area (Å²) in [5, 5.41) is 9.00. The molecule has 128 valence electrons. The first-order valence-corrected chi connectivity index (χ1v) is 9.77. The number of carbonyl (C=O) groups is 2. The van der Waals surface area contributed by atoms with Gasteiger partial charge in [-0.1, -0.05) is 6.92 Å². The number of rotatable bonds is 7. The molecule has 0 radical (unpaired) electrons. The number of nitrogens with zero attached hydrogens (tertiary/aromatic N) is 1. The van der Waals surface area contributed by atoms with Gasteiger partial charge in [-0.15, -0.1) is 0 Å². The number of carbonyl (C=O) groups excluding carboxylic acids is 1. The molecule has 0 heterocycles. The van der Waals surface area contributed by atoms with Crippen LogP contribution >= 0.6 is 0 Å². The van der Waals surface area contributed by atoms with Crippen molar-refractivity contribution in [1.29, 1.82) is 0 Å². The van der Waals surface area contributed by atoms with Crippen LogP contribution in [0.15, 0.2) is 0 Å². The van der Waals surface area contributed by atoms with E-state index in [-0.39, 0.29) is 35.3 Å². The summed E-state index contributed by atoms with van der Waals surface area (Å²) in [6.07, 6.45) is 2.18. The van der Waals surface area contributed by atoms with Crippen molar-refractivity contribution >= 4 is 21.7 Å². The summed E-state index contributed by atoms with van der Waals surface area (Å²) in [6.45, 7) is 5.68. The number of hydrogen-bond acceptors (Lipinski definition) is 4. The van der Waals surface area contributed by atoms with Gasteiger partial charge in [-0.2, -0.15) is 0 Å². The number of hydrogen-bond donors (Lipinski definition) is 1. The molecule has 1 rings (SSSR count). The van der Waals surface area contributed by atoms with Crippen molar-refractivity contribution in [3.63, 3.8) is 0 Å². The van der Waals surface area contributed by atoms with Crippen LogP contribution in [0.4, 0.5) is 0 Å². The van der Waals surface area contributed by atoms with E-state index >= 15 is 0 Å². The Bertz CT molecular complexity index is 494. The van der Waals surface area contributed by atoms with Crippen molar-refractivity contribution in [1.82, 2.24) is 4.90 Å². The van der Waals surface area contributed by atoms with Crippen LogP contribution in [-0.4, -0.2) is 54.4 Å². The lowest BCUT2D eigenvalue weighted by Crippen LogP contribution is -2.46. The minimum atomic E-state index is -3.13. The van der Waals surface area contributed by atoms with Crippen molar-refractivity contribution in [2.75, 3.05) is 18.1 Å². The molecule has 0 aromatic carbocycles. The minimum absolute atomic E-state index is 0.0203. The first-order valence-electron chi connectivity index (χ1n) is 7.95. The van der Waals surface area contributed by atoms with Crippen LogP contribution in [0, 0.1) is 11.8 Å². The highest BCUT2D eigenvalue weighted by Gasteiger charge is 2.33. The third-order valence-corrected chi connectivity index (χ3v) is 6.39. The maximum absolute atomic E-state index is 12.6. The van der Waals surface area contributed by atoms with Crippen LogP contribution in [0.1, 0.15) is 46.5 Å². The van der Waals surface area contributed by atoms with Crippen LogP contribution in [0.2, 0.25) is 0 Å². The molecule has 6 nitrogen and oxygen atoms in total. The van der Waals surface area contributed by atoms with Gasteiger partial charge in [0.05, 0.1) is 11.7 Å². The number of carboxylic acids is 1. The summed E-state index contributed by atoms with van der Waals surface area (Å²) in [6, 6.07) is -0.348. The molecule has 1 amide bonds. The predicted molar refractivity (Wildman–Crippen MR) is 84.3 cm³/mol. The number of sulfone groups is 1. The summed E-state index contributed by atoms with van der Waals surface area (Å²) in [7, 11) is -3.13. The zero-order valence-corrected chi connectivity index (χ0v) is 14.4. The van der Waals surface area contributed by atoms with E-state index in [9.17, 15) is 18.0 Å². The molecule has 1 N–H and O–H groups in total. The molecule has 0 saturated heterocycles. The smallest absolute Gasteiger partial charge is 0.306 e. The van der Waals surface area contributed by atoms with Gasteiger partial charge in [0.1, 0.15) is 0 Å². The molecular formula is C15H27NO5S. The van der Waals surface area contributed by atoms with Gasteiger partial charge in [0.2, 0.25) is 5.91 Å². The highest BCUT2D eigenvalue weighted by molar-refractivity contribution is 7.91. The van der Waals surface area contributed by atoms with Crippen molar-refractivity contribution in [3.8, 4) is 0 Å². The second kappa shape index (κ2) is 7.94. The molecule has 7 heteroatoms. The van der Waals surface area contributed by atoms with Crippen molar-refractivity contribution in [2.45, 2.75) is 52.5 Å². The Labute approximate surface area is 132 Å². The summed E-state index contributed by atoms with van der Waals surface area (Å²) in [4.78, 5) is 25.2. The van der Waals surface area contributed by atoms with Gasteiger partial charge in [0.15, 0.2) is 9.84 Å². The molecule has 1 aliphatic rings. The van der Waals surface area contributed by atoms with Crippen molar-refractivity contribution in [2.24, 2.45) is 11.8 Å². The molecule has 0 spiro atoms. The van der Waals surface area contributed by atoms with Crippen LogP contribution in [0.3, 0.4) is 0 Å². The van der Waals surface area contributed by atoms with E-state index in [0.717, 1.165) is 0 Å². The fourth-order valence-electron chi connectivity index (χ4n) is 3.08. The first-order chi connectivity index (χ1) is 10.2. The number of carboxylic acid groups (broad SMARTS) is 1. The average Bonchev–Trinajstić information content (AvgIpc) is 2.47. The lowest BCUT2D eigenvalue weighted by atomic mass is 9.81. The van der Waals surface area contributed by atoms with E-state index < -0.39 is 15.8 Å². The maximum atomic E-state index is 12.6. The van der Waals surface area contributed by atoms with Crippen molar-refractivity contribution < 1.29 is 23.1 Å². The van der Waals surface area contributed by atoms with Gasteiger partial charge >= 0.3 is 5.97 Å². The third-order valence-electron chi connectivity index (χ3n) is 4.52. The molecule has 1 saturated carbocycles. The monoisotopic (exact) mass is 333 g/mol. The largest absolute Gasteiger partial charge is 0.481 e. The fourth-order valence-corrected chi connectivity index (χ4v) is 4.23. The van der Waals surface area contributed by atoms with Gasteiger partial charge in [-0.3, -0.25) is 9.59 Å². The Morgan fingerprint density at radius 1 is 1.14 bits per heavy atom. The fraction of sp³-hybridized carbons (Fsp3) is 0.867. The first kappa shape index (κ1) is 18.9. The van der Waals surface area contributed by atoms with Crippen LogP contribution < -0.4 is 0 Å². The molecule has 1 fully saturated rings. The quantitative estimate of drug-likeness (QED) is 0.763. The highest BCUT2D eigenvalue weighted by Crippen LogP contribution is 2.30. The molecular weight excluding hydrogens is 306 g/mol. The van der Waals surface area contributed by atoms with Gasteiger partial charge in [0.25, 0.3) is 0 Å². The number of aliphatic carboxylic acids is 1. The second-order valence-electron chi connectivity index (χ2n) is 6.06. The van der Waals surface area contributed by atoms with Gasteiger partial charge in [-0.05, 0) is 39.5 Å². The lowest BCUT2D eigenvalue weighted by Gasteiger charge is -2.34. The molecule has 1 atom stereocenters. The Morgan fingerprint density at radius 3 is 2.05 bits per heavy atom. The van der Waals surface area contributed by atoms with E-state index in [1.807, 2.05) is 6.92 Å². The number of amides is 1. The van der Waals surface area contributed by atoms with E-state index in [2.05, 4.69) is 0 Å². The van der Waals surface area contributed by atoms with E-state index in [0.29, 0.717) is 32.2 Å². The summed E-state index contributed by atoms with van der Waals surface area (Å²) in [5.74, 6) is -1.30. The molecule has 1 aliphatic carbocycles. The zero-order chi connectivity index (χ0) is 16.9.